The number of nitrogens with zero attached hydrogens (tertiary/aromatic N) is 2. The van der Waals surface area contributed by atoms with E-state index in [1.165, 1.54) is 23.9 Å². The van der Waals surface area contributed by atoms with Crippen molar-refractivity contribution in [3.05, 3.63) is 53.6 Å². The Morgan fingerprint density at radius 3 is 2.69 bits per heavy atom. The molecule has 0 aromatic heterocycles. The van der Waals surface area contributed by atoms with Gasteiger partial charge < -0.3 is 15.2 Å². The number of carbonyl (C=O) groups excluding carboxylic acids is 1. The summed E-state index contributed by atoms with van der Waals surface area (Å²) >= 11 is 1.18. The number of nitrogen functional groups attached to an aromatic ring is 1. The standard InChI is InChI=1S/C18H18FN3O3S/c1-24-17-8-13(4-7-16(17)25-11-19)15-10-26-18(23)22(21-15)9-12-2-5-14(20)6-3-12/h2-8H,9-11,20H2,1H3. The fraction of sp³-hybridized carbons (Fsp3) is 0.222. The van der Waals surface area contributed by atoms with Crippen LogP contribution in [0.4, 0.5) is 14.9 Å². The lowest BCUT2D eigenvalue weighted by Gasteiger charge is -2.23. The molecular weight excluding hydrogens is 357 g/mol. The van der Waals surface area contributed by atoms with Gasteiger partial charge in [0.15, 0.2) is 11.5 Å². The fourth-order valence-corrected chi connectivity index (χ4v) is 3.22. The largest absolute Gasteiger partial charge is 0.493 e. The van der Waals surface area contributed by atoms with E-state index in [0.717, 1.165) is 16.8 Å². The number of hydrazone groups is 1. The van der Waals surface area contributed by atoms with Gasteiger partial charge in [-0.25, -0.2) is 9.40 Å². The fourth-order valence-electron chi connectivity index (χ4n) is 2.48. The molecule has 0 unspecified atom stereocenters. The topological polar surface area (TPSA) is 77.1 Å². The number of carbonyl (C=O) groups is 1. The minimum atomic E-state index is -0.934. The van der Waals surface area contributed by atoms with Crippen LogP contribution in [0.3, 0.4) is 0 Å². The zero-order chi connectivity index (χ0) is 18.5. The van der Waals surface area contributed by atoms with Crippen LogP contribution in [0.15, 0.2) is 47.6 Å². The van der Waals surface area contributed by atoms with E-state index in [4.69, 9.17) is 15.2 Å². The molecule has 0 atom stereocenters. The van der Waals surface area contributed by atoms with Gasteiger partial charge in [0, 0.05) is 17.0 Å². The Bertz CT molecular complexity index is 827. The van der Waals surface area contributed by atoms with E-state index in [2.05, 4.69) is 5.10 Å². The maximum atomic E-state index is 12.4. The second-order valence-corrected chi connectivity index (χ2v) is 6.45. The number of amides is 1. The lowest BCUT2D eigenvalue weighted by Crippen LogP contribution is -2.29. The Hall–Kier alpha value is -2.74. The van der Waals surface area contributed by atoms with Gasteiger partial charge in [0.25, 0.3) is 0 Å². The van der Waals surface area contributed by atoms with Gasteiger partial charge in [0.1, 0.15) is 0 Å². The van der Waals surface area contributed by atoms with Crippen LogP contribution in [-0.2, 0) is 6.54 Å². The smallest absolute Gasteiger partial charge is 0.302 e. The molecule has 0 aliphatic carbocycles. The molecule has 8 heteroatoms. The number of benzene rings is 2. The average molecular weight is 375 g/mol. The van der Waals surface area contributed by atoms with Crippen molar-refractivity contribution < 1.29 is 18.7 Å². The predicted octanol–water partition coefficient (Wildman–Crippen LogP) is 3.66. The number of ether oxygens (including phenoxy) is 2. The zero-order valence-corrected chi connectivity index (χ0v) is 15.0. The monoisotopic (exact) mass is 375 g/mol. The first-order valence-electron chi connectivity index (χ1n) is 7.84. The van der Waals surface area contributed by atoms with E-state index in [-0.39, 0.29) is 5.24 Å². The maximum absolute atomic E-state index is 12.4. The average Bonchev–Trinajstić information content (AvgIpc) is 2.66. The minimum absolute atomic E-state index is 0.116. The molecule has 1 aliphatic rings. The third kappa shape index (κ3) is 4.08. The highest BCUT2D eigenvalue weighted by molar-refractivity contribution is 8.14. The number of hydrogen-bond acceptors (Lipinski definition) is 6. The van der Waals surface area contributed by atoms with E-state index in [1.54, 1.807) is 30.3 Å². The van der Waals surface area contributed by atoms with Crippen molar-refractivity contribution in [2.75, 3.05) is 25.5 Å². The summed E-state index contributed by atoms with van der Waals surface area (Å²) in [5, 5.41) is 5.79. The number of halogens is 1. The Balaban J connectivity index is 1.85. The highest BCUT2D eigenvalue weighted by atomic mass is 32.2. The summed E-state index contributed by atoms with van der Waals surface area (Å²) in [5.74, 6) is 1.18. The Morgan fingerprint density at radius 2 is 2.00 bits per heavy atom. The summed E-state index contributed by atoms with van der Waals surface area (Å²) in [6.07, 6.45) is 0. The second-order valence-electron chi connectivity index (χ2n) is 5.52. The van der Waals surface area contributed by atoms with Crippen molar-refractivity contribution in [2.24, 2.45) is 5.10 Å². The van der Waals surface area contributed by atoms with Crippen molar-refractivity contribution in [3.8, 4) is 11.5 Å². The molecule has 1 aliphatic heterocycles. The first-order chi connectivity index (χ1) is 12.6. The maximum Gasteiger partial charge on any atom is 0.302 e. The molecule has 2 aromatic carbocycles. The van der Waals surface area contributed by atoms with Gasteiger partial charge in [-0.3, -0.25) is 4.79 Å². The van der Waals surface area contributed by atoms with Crippen LogP contribution in [0.25, 0.3) is 0 Å². The van der Waals surface area contributed by atoms with E-state index in [9.17, 15) is 9.18 Å². The van der Waals surface area contributed by atoms with Crippen molar-refractivity contribution >= 4 is 28.4 Å². The normalized spacial score (nSPS) is 14.2. The molecule has 1 amide bonds. The van der Waals surface area contributed by atoms with E-state index >= 15 is 0 Å². The number of hydrogen-bond donors (Lipinski definition) is 1. The van der Waals surface area contributed by atoms with Gasteiger partial charge >= 0.3 is 5.24 Å². The molecule has 0 radical (unpaired) electrons. The van der Waals surface area contributed by atoms with Crippen LogP contribution < -0.4 is 15.2 Å². The summed E-state index contributed by atoms with van der Waals surface area (Å²) in [5.41, 5.74) is 8.81. The third-order valence-corrected chi connectivity index (χ3v) is 4.68. The van der Waals surface area contributed by atoms with Crippen LogP contribution in [0.2, 0.25) is 0 Å². The third-order valence-electron chi connectivity index (χ3n) is 3.80. The molecule has 1 heterocycles. The van der Waals surface area contributed by atoms with Gasteiger partial charge in [-0.15, -0.1) is 0 Å². The second kappa shape index (κ2) is 8.09. The van der Waals surface area contributed by atoms with Crippen LogP contribution in [0.1, 0.15) is 11.1 Å². The summed E-state index contributed by atoms with van der Waals surface area (Å²) in [7, 11) is 1.48. The molecule has 0 bridgehead atoms. The van der Waals surface area contributed by atoms with Crippen LogP contribution in [-0.4, -0.2) is 35.7 Å². The predicted molar refractivity (Wildman–Crippen MR) is 100 cm³/mol. The number of nitrogens with two attached hydrogens (primary N) is 1. The summed E-state index contributed by atoms with van der Waals surface area (Å²) in [6.45, 7) is -0.577. The van der Waals surface area contributed by atoms with Gasteiger partial charge in [0.2, 0.25) is 6.86 Å². The molecular formula is C18H18FN3O3S. The molecule has 0 saturated carbocycles. The molecule has 3 rings (SSSR count). The molecule has 0 fully saturated rings. The summed E-state index contributed by atoms with van der Waals surface area (Å²) < 4.78 is 22.5. The van der Waals surface area contributed by atoms with Crippen LogP contribution in [0, 0.1) is 0 Å². The molecule has 2 N–H and O–H groups in total. The number of alkyl halides is 1. The lowest BCUT2D eigenvalue weighted by atomic mass is 10.1. The molecule has 136 valence electrons. The minimum Gasteiger partial charge on any atom is -0.493 e. The van der Waals surface area contributed by atoms with Gasteiger partial charge in [-0.2, -0.15) is 5.10 Å². The van der Waals surface area contributed by atoms with E-state index < -0.39 is 6.86 Å². The molecule has 6 nitrogen and oxygen atoms in total. The van der Waals surface area contributed by atoms with Crippen molar-refractivity contribution in [2.45, 2.75) is 6.54 Å². The first kappa shape index (κ1) is 18.1. The lowest BCUT2D eigenvalue weighted by molar-refractivity contribution is 0.184. The Labute approximate surface area is 154 Å². The number of methoxy groups -OCH3 is 1. The SMILES string of the molecule is COc1cc(C2=NN(Cc3ccc(N)cc3)C(=O)SC2)ccc1OCF. The highest BCUT2D eigenvalue weighted by Gasteiger charge is 2.23. The van der Waals surface area contributed by atoms with Crippen LogP contribution >= 0.6 is 11.8 Å². The number of rotatable bonds is 6. The Morgan fingerprint density at radius 1 is 1.23 bits per heavy atom. The molecule has 26 heavy (non-hydrogen) atoms. The highest BCUT2D eigenvalue weighted by Crippen LogP contribution is 2.30. The van der Waals surface area contributed by atoms with Crippen LogP contribution in [0.5, 0.6) is 11.5 Å². The summed E-state index contributed by atoms with van der Waals surface area (Å²) in [4.78, 5) is 12.2. The summed E-state index contributed by atoms with van der Waals surface area (Å²) in [6, 6.07) is 12.4. The van der Waals surface area contributed by atoms with Gasteiger partial charge in [0.05, 0.1) is 19.4 Å². The van der Waals surface area contributed by atoms with E-state index in [1.807, 2.05) is 12.1 Å². The quantitative estimate of drug-likeness (QED) is 0.780. The Kier molecular flexibility index (Phi) is 5.62. The molecule has 0 saturated heterocycles. The van der Waals surface area contributed by atoms with E-state index in [0.29, 0.717) is 29.5 Å². The first-order valence-corrected chi connectivity index (χ1v) is 8.82. The molecule has 0 spiro atoms. The zero-order valence-electron chi connectivity index (χ0n) is 14.1. The molecule has 2 aromatic rings. The number of thioether (sulfide) groups is 1. The van der Waals surface area contributed by atoms with Crippen molar-refractivity contribution in [1.29, 1.82) is 0 Å². The van der Waals surface area contributed by atoms with Crippen molar-refractivity contribution in [3.63, 3.8) is 0 Å². The van der Waals surface area contributed by atoms with Gasteiger partial charge in [-0.1, -0.05) is 23.9 Å². The van der Waals surface area contributed by atoms with Gasteiger partial charge in [-0.05, 0) is 35.9 Å². The van der Waals surface area contributed by atoms with Crippen molar-refractivity contribution in [1.82, 2.24) is 5.01 Å². The number of anilines is 1.